The molecule has 2 aliphatic rings. The van der Waals surface area contributed by atoms with E-state index in [1.54, 1.807) is 7.11 Å². The van der Waals surface area contributed by atoms with E-state index in [1.807, 2.05) is 41.3 Å². The van der Waals surface area contributed by atoms with Gasteiger partial charge < -0.3 is 15.0 Å². The molecule has 3 aromatic rings. The predicted octanol–water partition coefficient (Wildman–Crippen LogP) is 5.04. The van der Waals surface area contributed by atoms with Gasteiger partial charge in [-0.2, -0.15) is 0 Å². The highest BCUT2D eigenvalue weighted by atomic mass is 16.5. The molecule has 1 amide bonds. The number of benzene rings is 3. The molecule has 1 saturated heterocycles. The molecule has 0 radical (unpaired) electrons. The third-order valence-corrected chi connectivity index (χ3v) is 7.01. The van der Waals surface area contributed by atoms with Gasteiger partial charge in [-0.15, -0.1) is 0 Å². The summed E-state index contributed by atoms with van der Waals surface area (Å²) in [7, 11) is 1.70. The van der Waals surface area contributed by atoms with Crippen LogP contribution < -0.4 is 10.1 Å². The Balaban J connectivity index is 1.28. The first-order valence-electron chi connectivity index (χ1n) is 11.6. The average molecular weight is 442 g/mol. The van der Waals surface area contributed by atoms with Crippen LogP contribution in [0.5, 0.6) is 5.75 Å². The fraction of sp³-hybridized carbons (Fsp3) is 0.321. The number of nitrogens with zero attached hydrogens (tertiary/aromatic N) is 2. The van der Waals surface area contributed by atoms with Gasteiger partial charge in [0.05, 0.1) is 7.11 Å². The van der Waals surface area contributed by atoms with E-state index in [0.29, 0.717) is 0 Å². The Hall–Kier alpha value is -3.31. The van der Waals surface area contributed by atoms with Crippen LogP contribution in [-0.2, 0) is 12.0 Å². The van der Waals surface area contributed by atoms with Crippen LogP contribution in [0.3, 0.4) is 0 Å². The number of piperazine rings is 1. The number of hydrogen-bond acceptors (Lipinski definition) is 4. The second kappa shape index (κ2) is 8.56. The van der Waals surface area contributed by atoms with Crippen molar-refractivity contribution in [2.75, 3.05) is 38.6 Å². The van der Waals surface area contributed by atoms with E-state index < -0.39 is 0 Å². The lowest BCUT2D eigenvalue weighted by Crippen LogP contribution is -2.48. The van der Waals surface area contributed by atoms with E-state index in [2.05, 4.69) is 54.4 Å². The van der Waals surface area contributed by atoms with Gasteiger partial charge in [0, 0.05) is 61.1 Å². The summed E-state index contributed by atoms with van der Waals surface area (Å²) in [6.07, 6.45) is 0. The molecule has 0 spiro atoms. The molecule has 3 aromatic carbocycles. The summed E-state index contributed by atoms with van der Waals surface area (Å²) < 4.78 is 5.42. The van der Waals surface area contributed by atoms with Crippen LogP contribution in [0.25, 0.3) is 0 Å². The van der Waals surface area contributed by atoms with Gasteiger partial charge in [0.25, 0.3) is 5.91 Å². The highest BCUT2D eigenvalue weighted by Gasteiger charge is 2.33. The van der Waals surface area contributed by atoms with Crippen LogP contribution in [0, 0.1) is 0 Å². The van der Waals surface area contributed by atoms with Crippen LogP contribution in [0.2, 0.25) is 0 Å². The van der Waals surface area contributed by atoms with Crippen molar-refractivity contribution in [2.24, 2.45) is 0 Å². The molecule has 5 rings (SSSR count). The summed E-state index contributed by atoms with van der Waals surface area (Å²) in [4.78, 5) is 17.1. The van der Waals surface area contributed by atoms with Gasteiger partial charge in [0.15, 0.2) is 0 Å². The van der Waals surface area contributed by atoms with E-state index >= 15 is 0 Å². The highest BCUT2D eigenvalue weighted by Crippen LogP contribution is 2.46. The number of ether oxygens (including phenoxy) is 1. The maximum atomic E-state index is 12.7. The Morgan fingerprint density at radius 1 is 0.909 bits per heavy atom. The maximum absolute atomic E-state index is 12.7. The maximum Gasteiger partial charge on any atom is 0.253 e. The summed E-state index contributed by atoms with van der Waals surface area (Å²) in [5.74, 6) is 0.995. The van der Waals surface area contributed by atoms with Crippen LogP contribution in [0.1, 0.15) is 40.9 Å². The first-order chi connectivity index (χ1) is 16.0. The number of nitrogens with one attached hydrogen (secondary N) is 1. The standard InChI is InChI=1S/C28H31N3O2/c1-28(2)23-11-10-22(33-3)18-26(23)29-25-12-9-20(17-24(25)28)19-30-13-15-31(16-14-30)27(32)21-7-5-4-6-8-21/h4-12,17-18,29H,13-16,19H2,1-3H3. The number of methoxy groups -OCH3 is 1. The van der Waals surface area contributed by atoms with Gasteiger partial charge in [-0.3, -0.25) is 9.69 Å². The van der Waals surface area contributed by atoms with Gasteiger partial charge in [-0.1, -0.05) is 50.2 Å². The summed E-state index contributed by atoms with van der Waals surface area (Å²) in [5.41, 5.74) is 6.84. The Kier molecular flexibility index (Phi) is 5.59. The molecule has 5 heteroatoms. The van der Waals surface area contributed by atoms with E-state index in [9.17, 15) is 4.79 Å². The molecule has 2 aliphatic heterocycles. The minimum Gasteiger partial charge on any atom is -0.497 e. The van der Waals surface area contributed by atoms with Crippen molar-refractivity contribution in [3.05, 3.63) is 89.0 Å². The third-order valence-electron chi connectivity index (χ3n) is 7.01. The van der Waals surface area contributed by atoms with Crippen LogP contribution in [0.4, 0.5) is 11.4 Å². The van der Waals surface area contributed by atoms with E-state index in [0.717, 1.165) is 55.4 Å². The second-order valence-corrected chi connectivity index (χ2v) is 9.48. The minimum atomic E-state index is -0.0982. The minimum absolute atomic E-state index is 0.0982. The molecule has 0 unspecified atom stereocenters. The summed E-state index contributed by atoms with van der Waals surface area (Å²) >= 11 is 0. The second-order valence-electron chi connectivity index (χ2n) is 9.48. The van der Waals surface area contributed by atoms with Crippen LogP contribution >= 0.6 is 0 Å². The van der Waals surface area contributed by atoms with Gasteiger partial charge in [0.1, 0.15) is 5.75 Å². The SMILES string of the molecule is COc1ccc2c(c1)Nc1ccc(CN3CCN(C(=O)c4ccccc4)CC3)cc1C2(C)C. The summed E-state index contributed by atoms with van der Waals surface area (Å²) in [6, 6.07) is 22.6. The normalized spacial score (nSPS) is 17.0. The molecule has 1 fully saturated rings. The molecule has 33 heavy (non-hydrogen) atoms. The zero-order chi connectivity index (χ0) is 23.0. The number of carbonyl (C=O) groups excluding carboxylic acids is 1. The van der Waals surface area contributed by atoms with Gasteiger partial charge in [-0.05, 0) is 41.0 Å². The van der Waals surface area contributed by atoms with E-state index in [4.69, 9.17) is 4.74 Å². The molecule has 1 N–H and O–H groups in total. The Labute approximate surface area is 196 Å². The largest absolute Gasteiger partial charge is 0.497 e. The van der Waals surface area contributed by atoms with Crippen molar-refractivity contribution in [3.8, 4) is 5.75 Å². The first kappa shape index (κ1) is 21.5. The van der Waals surface area contributed by atoms with Crippen molar-refractivity contribution in [1.29, 1.82) is 0 Å². The molecule has 2 heterocycles. The number of hydrogen-bond donors (Lipinski definition) is 1. The third kappa shape index (κ3) is 4.09. The number of anilines is 2. The smallest absolute Gasteiger partial charge is 0.253 e. The van der Waals surface area contributed by atoms with Crippen LogP contribution in [0.15, 0.2) is 66.7 Å². The van der Waals surface area contributed by atoms with Gasteiger partial charge in [0.2, 0.25) is 0 Å². The fourth-order valence-corrected chi connectivity index (χ4v) is 5.04. The molecule has 0 atom stereocenters. The lowest BCUT2D eigenvalue weighted by atomic mass is 9.74. The van der Waals surface area contributed by atoms with E-state index in [-0.39, 0.29) is 11.3 Å². The Morgan fingerprint density at radius 3 is 2.39 bits per heavy atom. The Morgan fingerprint density at radius 2 is 1.67 bits per heavy atom. The number of carbonyl (C=O) groups is 1. The molecule has 0 saturated carbocycles. The molecule has 0 bridgehead atoms. The fourth-order valence-electron chi connectivity index (χ4n) is 5.04. The van der Waals surface area contributed by atoms with Crippen molar-refractivity contribution in [1.82, 2.24) is 9.80 Å². The van der Waals surface area contributed by atoms with Crippen molar-refractivity contribution >= 4 is 17.3 Å². The predicted molar refractivity (Wildman–Crippen MR) is 132 cm³/mol. The molecule has 0 aromatic heterocycles. The number of fused-ring (bicyclic) bond motifs is 2. The zero-order valence-electron chi connectivity index (χ0n) is 19.6. The number of amides is 1. The van der Waals surface area contributed by atoms with Crippen molar-refractivity contribution in [3.63, 3.8) is 0 Å². The summed E-state index contributed by atoms with van der Waals surface area (Å²) in [5, 5.41) is 3.60. The highest BCUT2D eigenvalue weighted by molar-refractivity contribution is 5.94. The molecule has 0 aliphatic carbocycles. The zero-order valence-corrected chi connectivity index (χ0v) is 19.6. The molecular weight excluding hydrogens is 410 g/mol. The summed E-state index contributed by atoms with van der Waals surface area (Å²) in [6.45, 7) is 8.78. The first-order valence-corrected chi connectivity index (χ1v) is 11.6. The number of rotatable bonds is 4. The lowest BCUT2D eigenvalue weighted by molar-refractivity contribution is 0.0628. The van der Waals surface area contributed by atoms with Gasteiger partial charge in [-0.25, -0.2) is 0 Å². The van der Waals surface area contributed by atoms with Crippen molar-refractivity contribution < 1.29 is 9.53 Å². The molecule has 5 nitrogen and oxygen atoms in total. The Bertz CT molecular complexity index is 1170. The lowest BCUT2D eigenvalue weighted by Gasteiger charge is -2.37. The molecular formula is C28H31N3O2. The van der Waals surface area contributed by atoms with Crippen LogP contribution in [-0.4, -0.2) is 49.0 Å². The monoisotopic (exact) mass is 441 g/mol. The van der Waals surface area contributed by atoms with Crippen molar-refractivity contribution in [2.45, 2.75) is 25.8 Å². The van der Waals surface area contributed by atoms with E-state index in [1.165, 1.54) is 16.7 Å². The quantitative estimate of drug-likeness (QED) is 0.616. The molecule has 170 valence electrons. The van der Waals surface area contributed by atoms with Gasteiger partial charge >= 0.3 is 0 Å². The topological polar surface area (TPSA) is 44.8 Å². The average Bonchev–Trinajstić information content (AvgIpc) is 2.85.